The maximum Gasteiger partial charge on any atom is 0.244 e. The van der Waals surface area contributed by atoms with Gasteiger partial charge in [-0.15, -0.1) is 0 Å². The second-order valence-electron chi connectivity index (χ2n) is 5.72. The highest BCUT2D eigenvalue weighted by Gasteiger charge is 2.24. The first-order valence-electron chi connectivity index (χ1n) is 7.71. The molecule has 0 aliphatic heterocycles. The molecule has 2 aromatic rings. The highest BCUT2D eigenvalue weighted by molar-refractivity contribution is 7.89. The Morgan fingerprint density at radius 1 is 1.12 bits per heavy atom. The molecule has 0 saturated heterocycles. The summed E-state index contributed by atoms with van der Waals surface area (Å²) in [4.78, 5) is 0.0415. The number of halogens is 1. The van der Waals surface area contributed by atoms with Crippen LogP contribution < -0.4 is 9.46 Å². The van der Waals surface area contributed by atoms with Gasteiger partial charge < -0.3 is 4.74 Å². The van der Waals surface area contributed by atoms with Crippen molar-refractivity contribution < 1.29 is 13.2 Å². The Labute approximate surface area is 148 Å². The maximum atomic E-state index is 12.8. The number of aryl methyl sites for hydroxylation is 2. The van der Waals surface area contributed by atoms with E-state index >= 15 is 0 Å². The molecule has 0 aromatic heterocycles. The van der Waals surface area contributed by atoms with Gasteiger partial charge >= 0.3 is 0 Å². The second-order valence-corrected chi connectivity index (χ2v) is 7.84. The molecule has 0 aliphatic rings. The number of ether oxygens (including phenoxy) is 1. The summed E-state index contributed by atoms with van der Waals surface area (Å²) >= 11 is 5.96. The van der Waals surface area contributed by atoms with E-state index in [1.165, 1.54) is 18.7 Å². The lowest BCUT2D eigenvalue weighted by Gasteiger charge is -2.19. The number of rotatable bonds is 6. The van der Waals surface area contributed by atoms with Crippen LogP contribution in [-0.4, -0.2) is 15.5 Å². The van der Waals surface area contributed by atoms with Crippen molar-refractivity contribution >= 4 is 21.6 Å². The van der Waals surface area contributed by atoms with Gasteiger partial charge in [0.05, 0.1) is 7.11 Å². The molecule has 0 amide bonds. The van der Waals surface area contributed by atoms with Crippen LogP contribution in [0.1, 0.15) is 36.1 Å². The van der Waals surface area contributed by atoms with E-state index in [1.54, 1.807) is 12.1 Å². The summed E-state index contributed by atoms with van der Waals surface area (Å²) in [6.07, 6.45) is 0.630. The molecule has 0 aliphatic carbocycles. The molecule has 4 nitrogen and oxygen atoms in total. The molecule has 24 heavy (non-hydrogen) atoms. The Bertz CT molecular complexity index is 834. The fourth-order valence-corrected chi connectivity index (χ4v) is 4.22. The zero-order chi connectivity index (χ0) is 17.9. The van der Waals surface area contributed by atoms with Crippen LogP contribution in [0.5, 0.6) is 5.75 Å². The van der Waals surface area contributed by atoms with Gasteiger partial charge in [0.1, 0.15) is 10.6 Å². The third-order valence-corrected chi connectivity index (χ3v) is 5.78. The molecule has 6 heteroatoms. The number of methoxy groups -OCH3 is 1. The summed E-state index contributed by atoms with van der Waals surface area (Å²) in [5.41, 5.74) is 3.24. The van der Waals surface area contributed by atoms with Crippen LogP contribution in [0.4, 0.5) is 0 Å². The van der Waals surface area contributed by atoms with Gasteiger partial charge in [0.2, 0.25) is 10.0 Å². The molecule has 0 saturated carbocycles. The van der Waals surface area contributed by atoms with Crippen LogP contribution in [0.25, 0.3) is 0 Å². The highest BCUT2D eigenvalue weighted by Crippen LogP contribution is 2.29. The van der Waals surface area contributed by atoms with Crippen LogP contribution in [0, 0.1) is 13.8 Å². The van der Waals surface area contributed by atoms with Gasteiger partial charge in [0.25, 0.3) is 0 Å². The van der Waals surface area contributed by atoms with Gasteiger partial charge in [-0.2, -0.15) is 0 Å². The minimum atomic E-state index is -3.77. The van der Waals surface area contributed by atoms with E-state index in [1.807, 2.05) is 39.0 Å². The van der Waals surface area contributed by atoms with Crippen molar-refractivity contribution in [2.45, 2.75) is 38.1 Å². The average Bonchev–Trinajstić information content (AvgIpc) is 2.55. The number of hydrogen-bond donors (Lipinski definition) is 1. The molecule has 1 N–H and O–H groups in total. The van der Waals surface area contributed by atoms with Gasteiger partial charge in [0, 0.05) is 11.1 Å². The third kappa shape index (κ3) is 4.09. The molecule has 0 unspecified atom stereocenters. The molecule has 1 atom stereocenters. The molecule has 2 rings (SSSR count). The van der Waals surface area contributed by atoms with Crippen molar-refractivity contribution in [1.82, 2.24) is 4.72 Å². The number of nitrogens with one attached hydrogen (secondary N) is 1. The Balaban J connectivity index is 2.39. The first-order valence-corrected chi connectivity index (χ1v) is 9.57. The zero-order valence-electron chi connectivity index (χ0n) is 14.3. The SMILES string of the molecule is CC[C@@H](NS(=O)(=O)c1cc(Cl)ccc1OC)c1ccc(C)c(C)c1. The lowest BCUT2D eigenvalue weighted by Crippen LogP contribution is -2.28. The lowest BCUT2D eigenvalue weighted by molar-refractivity contribution is 0.402. The minimum absolute atomic E-state index is 0.0415. The minimum Gasteiger partial charge on any atom is -0.495 e. The molecule has 0 bridgehead atoms. The van der Waals surface area contributed by atoms with Crippen molar-refractivity contribution in [2.75, 3.05) is 7.11 Å². The molecule has 0 spiro atoms. The molecule has 2 aromatic carbocycles. The predicted molar refractivity (Wildman–Crippen MR) is 97.3 cm³/mol. The van der Waals surface area contributed by atoms with Crippen LogP contribution in [-0.2, 0) is 10.0 Å². The Morgan fingerprint density at radius 2 is 1.83 bits per heavy atom. The van der Waals surface area contributed by atoms with Gasteiger partial charge in [-0.3, -0.25) is 0 Å². The van der Waals surface area contributed by atoms with E-state index in [4.69, 9.17) is 16.3 Å². The first kappa shape index (κ1) is 18.8. The third-order valence-electron chi connectivity index (χ3n) is 4.05. The van der Waals surface area contributed by atoms with Gasteiger partial charge in [0.15, 0.2) is 0 Å². The fourth-order valence-electron chi connectivity index (χ4n) is 2.48. The highest BCUT2D eigenvalue weighted by atomic mass is 35.5. The van der Waals surface area contributed by atoms with E-state index < -0.39 is 10.0 Å². The van der Waals surface area contributed by atoms with Gasteiger partial charge in [-0.1, -0.05) is 36.7 Å². The van der Waals surface area contributed by atoms with Crippen molar-refractivity contribution in [3.63, 3.8) is 0 Å². The summed E-state index contributed by atoms with van der Waals surface area (Å²) in [6.45, 7) is 5.98. The predicted octanol–water partition coefficient (Wildman–Crippen LogP) is 4.40. The summed E-state index contributed by atoms with van der Waals surface area (Å²) < 4.78 is 33.5. The van der Waals surface area contributed by atoms with Crippen molar-refractivity contribution in [1.29, 1.82) is 0 Å². The van der Waals surface area contributed by atoms with Crippen molar-refractivity contribution in [2.24, 2.45) is 0 Å². The van der Waals surface area contributed by atoms with Crippen molar-refractivity contribution in [3.05, 3.63) is 58.1 Å². The topological polar surface area (TPSA) is 55.4 Å². The van der Waals surface area contributed by atoms with Crippen LogP contribution in [0.2, 0.25) is 5.02 Å². The maximum absolute atomic E-state index is 12.8. The lowest BCUT2D eigenvalue weighted by atomic mass is 10.0. The number of sulfonamides is 1. The van der Waals surface area contributed by atoms with Crippen LogP contribution in [0.15, 0.2) is 41.3 Å². The Morgan fingerprint density at radius 3 is 2.42 bits per heavy atom. The monoisotopic (exact) mass is 367 g/mol. The smallest absolute Gasteiger partial charge is 0.244 e. The van der Waals surface area contributed by atoms with E-state index in [9.17, 15) is 8.42 Å². The quantitative estimate of drug-likeness (QED) is 0.823. The van der Waals surface area contributed by atoms with Gasteiger partial charge in [-0.05, 0) is 55.2 Å². The average molecular weight is 368 g/mol. The van der Waals surface area contributed by atoms with Gasteiger partial charge in [-0.25, -0.2) is 13.1 Å². The largest absolute Gasteiger partial charge is 0.495 e. The van der Waals surface area contributed by atoms with Crippen molar-refractivity contribution in [3.8, 4) is 5.75 Å². The summed E-state index contributed by atoms with van der Waals surface area (Å²) in [7, 11) is -2.33. The van der Waals surface area contributed by atoms with E-state index in [0.29, 0.717) is 11.4 Å². The molecule has 0 radical (unpaired) electrons. The van der Waals surface area contributed by atoms with E-state index in [-0.39, 0.29) is 16.7 Å². The van der Waals surface area contributed by atoms with E-state index in [2.05, 4.69) is 4.72 Å². The number of hydrogen-bond acceptors (Lipinski definition) is 3. The Hall–Kier alpha value is -1.56. The molecule has 130 valence electrons. The Kier molecular flexibility index (Phi) is 5.91. The molecular weight excluding hydrogens is 346 g/mol. The fraction of sp³-hybridized carbons (Fsp3) is 0.333. The summed E-state index contributed by atoms with van der Waals surface area (Å²) in [5, 5.41) is 0.343. The first-order chi connectivity index (χ1) is 11.3. The normalized spacial score (nSPS) is 12.9. The summed E-state index contributed by atoms with van der Waals surface area (Å²) in [5.74, 6) is 0.266. The van der Waals surface area contributed by atoms with Crippen LogP contribution >= 0.6 is 11.6 Å². The standard InChI is InChI=1S/C18H22ClNO3S/c1-5-16(14-7-6-12(2)13(3)10-14)20-24(21,22)18-11-15(19)8-9-17(18)23-4/h6-11,16,20H,5H2,1-4H3/t16-/m1/s1. The van der Waals surface area contributed by atoms with Crippen LogP contribution in [0.3, 0.4) is 0 Å². The molecule has 0 heterocycles. The zero-order valence-corrected chi connectivity index (χ0v) is 15.8. The molecular formula is C18H22ClNO3S. The van der Waals surface area contributed by atoms with E-state index in [0.717, 1.165) is 11.1 Å². The molecule has 0 fully saturated rings. The number of benzene rings is 2. The summed E-state index contributed by atoms with van der Waals surface area (Å²) in [6, 6.07) is 10.2. The second kappa shape index (κ2) is 7.55.